The number of anilines is 1. The molecule has 1 aromatic rings. The molecule has 0 saturated carbocycles. The van der Waals surface area contributed by atoms with Gasteiger partial charge < -0.3 is 11.1 Å². The molecule has 0 aliphatic rings. The smallest absolute Gasteiger partial charge is 0.166 e. The first-order valence-corrected chi connectivity index (χ1v) is 5.05. The van der Waals surface area contributed by atoms with Crippen molar-refractivity contribution in [3.8, 4) is 0 Å². The predicted molar refractivity (Wildman–Crippen MR) is 60.6 cm³/mol. The van der Waals surface area contributed by atoms with E-state index in [4.69, 9.17) is 17.3 Å². The summed E-state index contributed by atoms with van der Waals surface area (Å²) in [5.41, 5.74) is 5.33. The Hall–Kier alpha value is -0.870. The van der Waals surface area contributed by atoms with Crippen molar-refractivity contribution in [2.75, 3.05) is 5.32 Å². The summed E-state index contributed by atoms with van der Waals surface area (Å²) >= 11 is 5.60. The molecular formula is C10H15ClFN3. The zero-order chi connectivity index (χ0) is 11.6. The minimum absolute atomic E-state index is 0.130. The molecule has 1 unspecified atom stereocenters. The molecule has 0 aliphatic heterocycles. The van der Waals surface area contributed by atoms with Crippen molar-refractivity contribution in [3.05, 3.63) is 23.1 Å². The number of nitrogens with zero attached hydrogens (tertiary/aromatic N) is 1. The van der Waals surface area contributed by atoms with Crippen LogP contribution >= 0.6 is 11.6 Å². The Morgan fingerprint density at radius 2 is 2.20 bits per heavy atom. The second-order valence-electron chi connectivity index (χ2n) is 4.12. The van der Waals surface area contributed by atoms with E-state index in [-0.39, 0.29) is 16.9 Å². The van der Waals surface area contributed by atoms with E-state index in [2.05, 4.69) is 10.3 Å². The van der Waals surface area contributed by atoms with E-state index in [0.29, 0.717) is 0 Å². The molecule has 1 heterocycles. The minimum atomic E-state index is -0.476. The summed E-state index contributed by atoms with van der Waals surface area (Å²) in [5, 5.41) is 3.22. The van der Waals surface area contributed by atoms with Crippen molar-refractivity contribution in [1.29, 1.82) is 0 Å². The maximum absolute atomic E-state index is 13.4. The lowest BCUT2D eigenvalue weighted by atomic mass is 9.97. The van der Waals surface area contributed by atoms with E-state index in [1.165, 1.54) is 12.3 Å². The fraction of sp³-hybridized carbons (Fsp3) is 0.500. The molecule has 0 radical (unpaired) electrons. The van der Waals surface area contributed by atoms with Crippen LogP contribution in [0.2, 0.25) is 5.02 Å². The second-order valence-corrected chi connectivity index (χ2v) is 4.56. The van der Waals surface area contributed by atoms with E-state index >= 15 is 0 Å². The normalized spacial score (nSPS) is 13.7. The minimum Gasteiger partial charge on any atom is -0.361 e. The van der Waals surface area contributed by atoms with E-state index in [0.717, 1.165) is 0 Å². The van der Waals surface area contributed by atoms with Crippen molar-refractivity contribution >= 4 is 17.4 Å². The Morgan fingerprint density at radius 3 is 2.67 bits per heavy atom. The molecule has 5 heteroatoms. The Balaban J connectivity index is 2.90. The standard InChI is InChI=1S/C10H15ClFN3/c1-6(13)10(2,3)15-9-8(12)4-7(11)5-14-9/h4-6H,13H2,1-3H3,(H,14,15). The third kappa shape index (κ3) is 3.04. The van der Waals surface area contributed by atoms with Crippen LogP contribution in [0.1, 0.15) is 20.8 Å². The average Bonchev–Trinajstić information content (AvgIpc) is 2.09. The number of nitrogens with two attached hydrogens (primary N) is 1. The van der Waals surface area contributed by atoms with Gasteiger partial charge in [-0.3, -0.25) is 0 Å². The molecule has 3 nitrogen and oxygen atoms in total. The molecule has 3 N–H and O–H groups in total. The highest BCUT2D eigenvalue weighted by molar-refractivity contribution is 6.30. The van der Waals surface area contributed by atoms with E-state index in [1.807, 2.05) is 20.8 Å². The fourth-order valence-electron chi connectivity index (χ4n) is 0.926. The molecule has 0 saturated heterocycles. The molecule has 0 aliphatic carbocycles. The van der Waals surface area contributed by atoms with Crippen molar-refractivity contribution in [2.24, 2.45) is 5.73 Å². The second kappa shape index (κ2) is 4.33. The van der Waals surface area contributed by atoms with Gasteiger partial charge in [0.05, 0.1) is 5.02 Å². The monoisotopic (exact) mass is 231 g/mol. The molecular weight excluding hydrogens is 217 g/mol. The van der Waals surface area contributed by atoms with Crippen molar-refractivity contribution in [3.63, 3.8) is 0 Å². The van der Waals surface area contributed by atoms with E-state index in [9.17, 15) is 4.39 Å². The number of hydrogen-bond acceptors (Lipinski definition) is 3. The average molecular weight is 232 g/mol. The predicted octanol–water partition coefficient (Wildman–Crippen LogP) is 2.41. The third-order valence-electron chi connectivity index (χ3n) is 2.39. The van der Waals surface area contributed by atoms with Crippen molar-refractivity contribution < 1.29 is 4.39 Å². The van der Waals surface area contributed by atoms with Gasteiger partial charge in [-0.25, -0.2) is 9.37 Å². The first kappa shape index (κ1) is 12.2. The van der Waals surface area contributed by atoms with Gasteiger partial charge in [0.2, 0.25) is 0 Å². The van der Waals surface area contributed by atoms with Crippen LogP contribution in [0, 0.1) is 5.82 Å². The van der Waals surface area contributed by atoms with Crippen LogP contribution in [0.5, 0.6) is 0 Å². The third-order valence-corrected chi connectivity index (χ3v) is 2.59. The number of halogens is 2. The molecule has 1 atom stereocenters. The van der Waals surface area contributed by atoms with Gasteiger partial charge in [0.15, 0.2) is 11.6 Å². The van der Waals surface area contributed by atoms with E-state index < -0.39 is 11.4 Å². The van der Waals surface area contributed by atoms with E-state index in [1.54, 1.807) is 0 Å². The SMILES string of the molecule is CC(N)C(C)(C)Nc1ncc(Cl)cc1F. The zero-order valence-electron chi connectivity index (χ0n) is 9.01. The number of pyridine rings is 1. The van der Waals surface area contributed by atoms with Crippen LogP contribution in [0.25, 0.3) is 0 Å². The Bertz CT molecular complexity index is 353. The van der Waals surface area contributed by atoms with Crippen molar-refractivity contribution in [1.82, 2.24) is 4.98 Å². The van der Waals surface area contributed by atoms with Crippen LogP contribution < -0.4 is 11.1 Å². The summed E-state index contributed by atoms with van der Waals surface area (Å²) in [6.45, 7) is 5.61. The summed E-state index contributed by atoms with van der Waals surface area (Å²) in [4.78, 5) is 3.87. The van der Waals surface area contributed by atoms with Gasteiger partial charge in [0.1, 0.15) is 0 Å². The highest BCUT2D eigenvalue weighted by Crippen LogP contribution is 2.20. The van der Waals surface area contributed by atoms with Gasteiger partial charge in [0, 0.05) is 17.8 Å². The van der Waals surface area contributed by atoms with Gasteiger partial charge in [-0.05, 0) is 26.8 Å². The molecule has 0 bridgehead atoms. The lowest BCUT2D eigenvalue weighted by Gasteiger charge is -2.30. The lowest BCUT2D eigenvalue weighted by molar-refractivity contribution is 0.464. The van der Waals surface area contributed by atoms with Crippen LogP contribution in [0.3, 0.4) is 0 Å². The molecule has 0 aromatic carbocycles. The Kier molecular flexibility index (Phi) is 3.52. The molecule has 0 amide bonds. The Morgan fingerprint density at radius 1 is 1.60 bits per heavy atom. The summed E-state index contributed by atoms with van der Waals surface area (Å²) in [6.07, 6.45) is 1.39. The lowest BCUT2D eigenvalue weighted by Crippen LogP contribution is -2.47. The molecule has 84 valence electrons. The molecule has 1 rings (SSSR count). The zero-order valence-corrected chi connectivity index (χ0v) is 9.77. The maximum atomic E-state index is 13.4. The molecule has 0 spiro atoms. The van der Waals surface area contributed by atoms with Crippen LogP contribution in [-0.2, 0) is 0 Å². The summed E-state index contributed by atoms with van der Waals surface area (Å²) in [6, 6.07) is 1.09. The first-order chi connectivity index (χ1) is 6.83. The topological polar surface area (TPSA) is 50.9 Å². The van der Waals surface area contributed by atoms with Gasteiger partial charge in [0.25, 0.3) is 0 Å². The number of rotatable bonds is 3. The summed E-state index contributed by atoms with van der Waals surface area (Å²) in [5.74, 6) is -0.307. The van der Waals surface area contributed by atoms with Crippen LogP contribution in [-0.4, -0.2) is 16.6 Å². The van der Waals surface area contributed by atoms with Gasteiger partial charge in [-0.15, -0.1) is 0 Å². The summed E-state index contributed by atoms with van der Waals surface area (Å²) in [7, 11) is 0. The highest BCUT2D eigenvalue weighted by atomic mass is 35.5. The molecule has 15 heavy (non-hydrogen) atoms. The number of hydrogen-bond donors (Lipinski definition) is 2. The van der Waals surface area contributed by atoms with Crippen molar-refractivity contribution in [2.45, 2.75) is 32.4 Å². The number of nitrogens with one attached hydrogen (secondary N) is 1. The number of aromatic nitrogens is 1. The van der Waals surface area contributed by atoms with Gasteiger partial charge in [-0.2, -0.15) is 0 Å². The molecule has 0 fully saturated rings. The highest BCUT2D eigenvalue weighted by Gasteiger charge is 2.24. The first-order valence-electron chi connectivity index (χ1n) is 4.68. The van der Waals surface area contributed by atoms with Crippen LogP contribution in [0.15, 0.2) is 12.3 Å². The van der Waals surface area contributed by atoms with Gasteiger partial charge >= 0.3 is 0 Å². The quantitative estimate of drug-likeness (QED) is 0.840. The largest absolute Gasteiger partial charge is 0.361 e. The maximum Gasteiger partial charge on any atom is 0.166 e. The molecule has 1 aromatic heterocycles. The van der Waals surface area contributed by atoms with Crippen LogP contribution in [0.4, 0.5) is 10.2 Å². The fourth-order valence-corrected chi connectivity index (χ4v) is 1.07. The van der Waals surface area contributed by atoms with Gasteiger partial charge in [-0.1, -0.05) is 11.6 Å². The Labute approximate surface area is 93.8 Å². The summed E-state index contributed by atoms with van der Waals surface area (Å²) < 4.78 is 13.4.